The number of halogens is 1. The van der Waals surface area contributed by atoms with Crippen molar-refractivity contribution in [2.24, 2.45) is 5.92 Å². The normalized spacial score (nSPS) is 24.1. The summed E-state index contributed by atoms with van der Waals surface area (Å²) in [4.78, 5) is 14.0. The van der Waals surface area contributed by atoms with Crippen molar-refractivity contribution >= 4 is 15.9 Å². The molecule has 0 radical (unpaired) electrons. The smallest absolute Gasteiger partial charge is 0.253 e. The number of hydrogen-bond acceptors (Lipinski definition) is 3. The van der Waals surface area contributed by atoms with E-state index in [-0.39, 0.29) is 23.6 Å². The lowest BCUT2D eigenvalue weighted by Gasteiger charge is -2.33. The van der Waals surface area contributed by atoms with Crippen LogP contribution in [0.15, 0.2) is 23.1 Å². The topological polar surface area (TPSA) is 66.5 Å². The lowest BCUT2D eigenvalue weighted by Crippen LogP contribution is -2.39. The van der Waals surface area contributed by atoms with Gasteiger partial charge in [0.25, 0.3) is 5.91 Å². The standard InChI is InChI=1S/C18H25FN2O3S/c1-12-3-8-15(9-4-12)21(2)18(22)13-5-10-16(19)17(11-13)25(23,24)20-14-6-7-14/h5,10-12,14-15,20H,3-4,6-9H2,1-2H3. The SMILES string of the molecule is CC1CCC(N(C)C(=O)c2ccc(F)c(S(=O)(=O)NC3CC3)c2)CC1. The molecular weight excluding hydrogens is 343 g/mol. The number of hydrogen-bond donors (Lipinski definition) is 1. The maximum absolute atomic E-state index is 14.1. The maximum Gasteiger partial charge on any atom is 0.253 e. The van der Waals surface area contributed by atoms with Gasteiger partial charge in [0.2, 0.25) is 10.0 Å². The number of nitrogens with zero attached hydrogens (tertiary/aromatic N) is 1. The van der Waals surface area contributed by atoms with Crippen molar-refractivity contribution in [1.82, 2.24) is 9.62 Å². The lowest BCUT2D eigenvalue weighted by molar-refractivity contribution is 0.0679. The molecule has 7 heteroatoms. The first-order chi connectivity index (χ1) is 11.8. The third-order valence-electron chi connectivity index (χ3n) is 5.22. The van der Waals surface area contributed by atoms with Gasteiger partial charge in [-0.25, -0.2) is 17.5 Å². The van der Waals surface area contributed by atoms with E-state index < -0.39 is 20.7 Å². The fourth-order valence-corrected chi connectivity index (χ4v) is 4.73. The molecule has 1 aromatic carbocycles. The minimum Gasteiger partial charge on any atom is -0.339 e. The van der Waals surface area contributed by atoms with Gasteiger partial charge in [-0.2, -0.15) is 0 Å². The molecule has 0 aliphatic heterocycles. The number of carbonyl (C=O) groups is 1. The molecule has 5 nitrogen and oxygen atoms in total. The molecule has 25 heavy (non-hydrogen) atoms. The summed E-state index contributed by atoms with van der Waals surface area (Å²) in [6, 6.07) is 3.61. The molecule has 0 spiro atoms. The second kappa shape index (κ2) is 7.03. The highest BCUT2D eigenvalue weighted by atomic mass is 32.2. The van der Waals surface area contributed by atoms with E-state index in [9.17, 15) is 17.6 Å². The summed E-state index contributed by atoms with van der Waals surface area (Å²) in [5.74, 6) is -0.419. The van der Waals surface area contributed by atoms with Gasteiger partial charge in [-0.05, 0) is 62.6 Å². The second-order valence-corrected chi connectivity index (χ2v) is 9.05. The molecule has 2 fully saturated rings. The van der Waals surface area contributed by atoms with E-state index in [0.717, 1.165) is 50.7 Å². The Morgan fingerprint density at radius 2 is 1.80 bits per heavy atom. The van der Waals surface area contributed by atoms with Crippen LogP contribution < -0.4 is 4.72 Å². The average Bonchev–Trinajstić information content (AvgIpc) is 3.38. The molecule has 2 aliphatic carbocycles. The Balaban J connectivity index is 1.80. The number of carbonyl (C=O) groups excluding carboxylic acids is 1. The first-order valence-electron chi connectivity index (χ1n) is 8.87. The van der Waals surface area contributed by atoms with Gasteiger partial charge in [0, 0.05) is 24.7 Å². The zero-order valence-corrected chi connectivity index (χ0v) is 15.5. The highest BCUT2D eigenvalue weighted by molar-refractivity contribution is 7.89. The molecule has 1 amide bonds. The molecule has 0 unspecified atom stereocenters. The molecular formula is C18H25FN2O3S. The molecule has 0 aromatic heterocycles. The van der Waals surface area contributed by atoms with E-state index in [4.69, 9.17) is 0 Å². The summed E-state index contributed by atoms with van der Waals surface area (Å²) in [6.07, 6.45) is 5.58. The highest BCUT2D eigenvalue weighted by Gasteiger charge is 2.31. The summed E-state index contributed by atoms with van der Waals surface area (Å²) in [5.41, 5.74) is 0.207. The molecule has 0 bridgehead atoms. The van der Waals surface area contributed by atoms with Gasteiger partial charge in [-0.3, -0.25) is 4.79 Å². The van der Waals surface area contributed by atoms with Crippen LogP contribution in [0.5, 0.6) is 0 Å². The second-order valence-electron chi connectivity index (χ2n) is 7.37. The molecule has 2 saturated carbocycles. The van der Waals surface area contributed by atoms with Gasteiger partial charge < -0.3 is 4.90 Å². The Hall–Kier alpha value is -1.47. The minimum atomic E-state index is -3.94. The number of sulfonamides is 1. The summed E-state index contributed by atoms with van der Waals surface area (Å²) in [6.45, 7) is 2.21. The maximum atomic E-state index is 14.1. The third kappa shape index (κ3) is 4.20. The van der Waals surface area contributed by atoms with Crippen LogP contribution in [-0.2, 0) is 10.0 Å². The fraction of sp³-hybridized carbons (Fsp3) is 0.611. The largest absolute Gasteiger partial charge is 0.339 e. The summed E-state index contributed by atoms with van der Waals surface area (Å²) >= 11 is 0. The quantitative estimate of drug-likeness (QED) is 0.869. The highest BCUT2D eigenvalue weighted by Crippen LogP contribution is 2.28. The van der Waals surface area contributed by atoms with Gasteiger partial charge in [0.15, 0.2) is 0 Å². The van der Waals surface area contributed by atoms with Crippen LogP contribution in [0.25, 0.3) is 0 Å². The van der Waals surface area contributed by atoms with Crippen molar-refractivity contribution in [3.63, 3.8) is 0 Å². The van der Waals surface area contributed by atoms with E-state index in [1.807, 2.05) is 0 Å². The average molecular weight is 368 g/mol. The summed E-state index contributed by atoms with van der Waals surface area (Å²) in [7, 11) is -2.20. The molecule has 0 saturated heterocycles. The van der Waals surface area contributed by atoms with Crippen LogP contribution in [0.1, 0.15) is 55.8 Å². The van der Waals surface area contributed by atoms with Crippen molar-refractivity contribution in [2.75, 3.05) is 7.05 Å². The molecule has 0 heterocycles. The molecule has 0 atom stereocenters. The molecule has 2 aliphatic rings. The number of benzene rings is 1. The van der Waals surface area contributed by atoms with Crippen LogP contribution in [-0.4, -0.2) is 38.4 Å². The van der Waals surface area contributed by atoms with E-state index in [2.05, 4.69) is 11.6 Å². The number of rotatable bonds is 5. The van der Waals surface area contributed by atoms with Crippen LogP contribution in [0.3, 0.4) is 0 Å². The number of amides is 1. The van der Waals surface area contributed by atoms with Gasteiger partial charge in [0.1, 0.15) is 10.7 Å². The summed E-state index contributed by atoms with van der Waals surface area (Å²) in [5, 5.41) is 0. The van der Waals surface area contributed by atoms with Crippen LogP contribution in [0.2, 0.25) is 0 Å². The number of nitrogens with one attached hydrogen (secondary N) is 1. The van der Waals surface area contributed by atoms with E-state index in [1.54, 1.807) is 11.9 Å². The zero-order chi connectivity index (χ0) is 18.2. The van der Waals surface area contributed by atoms with Crippen molar-refractivity contribution in [3.8, 4) is 0 Å². The van der Waals surface area contributed by atoms with Crippen molar-refractivity contribution in [2.45, 2.75) is 62.4 Å². The Labute approximate surface area is 148 Å². The van der Waals surface area contributed by atoms with Crippen molar-refractivity contribution in [3.05, 3.63) is 29.6 Å². The third-order valence-corrected chi connectivity index (χ3v) is 6.76. The van der Waals surface area contributed by atoms with Crippen LogP contribution >= 0.6 is 0 Å². The zero-order valence-electron chi connectivity index (χ0n) is 14.7. The van der Waals surface area contributed by atoms with Gasteiger partial charge in [-0.1, -0.05) is 6.92 Å². The van der Waals surface area contributed by atoms with Gasteiger partial charge in [-0.15, -0.1) is 0 Å². The predicted octanol–water partition coefficient (Wildman–Crippen LogP) is 2.92. The Morgan fingerprint density at radius 3 is 2.40 bits per heavy atom. The molecule has 138 valence electrons. The lowest BCUT2D eigenvalue weighted by atomic mass is 9.86. The summed E-state index contributed by atoms with van der Waals surface area (Å²) < 4.78 is 41.1. The van der Waals surface area contributed by atoms with Crippen LogP contribution in [0, 0.1) is 11.7 Å². The predicted molar refractivity (Wildman–Crippen MR) is 93.3 cm³/mol. The van der Waals surface area contributed by atoms with E-state index in [0.29, 0.717) is 5.92 Å². The Morgan fingerprint density at radius 1 is 1.16 bits per heavy atom. The molecule has 1 aromatic rings. The van der Waals surface area contributed by atoms with E-state index in [1.165, 1.54) is 6.07 Å². The monoisotopic (exact) mass is 368 g/mol. The fourth-order valence-electron chi connectivity index (χ4n) is 3.33. The Bertz CT molecular complexity index is 754. The molecule has 3 rings (SSSR count). The van der Waals surface area contributed by atoms with E-state index >= 15 is 0 Å². The Kier molecular flexibility index (Phi) is 5.16. The minimum absolute atomic E-state index is 0.115. The van der Waals surface area contributed by atoms with Crippen LogP contribution in [0.4, 0.5) is 4.39 Å². The first kappa shape index (κ1) is 18.3. The van der Waals surface area contributed by atoms with Gasteiger partial charge >= 0.3 is 0 Å². The first-order valence-corrected chi connectivity index (χ1v) is 10.4. The van der Waals surface area contributed by atoms with Gasteiger partial charge in [0.05, 0.1) is 0 Å². The van der Waals surface area contributed by atoms with Crippen molar-refractivity contribution in [1.29, 1.82) is 0 Å². The van der Waals surface area contributed by atoms with Crippen molar-refractivity contribution < 1.29 is 17.6 Å². The molecule has 1 N–H and O–H groups in total.